The van der Waals surface area contributed by atoms with Crippen molar-refractivity contribution in [2.45, 2.75) is 25.3 Å². The highest BCUT2D eigenvalue weighted by Crippen LogP contribution is 2.11. The van der Waals surface area contributed by atoms with E-state index in [4.69, 9.17) is 5.26 Å². The quantitative estimate of drug-likeness (QED) is 0.801. The molecule has 1 aliphatic rings. The van der Waals surface area contributed by atoms with Crippen molar-refractivity contribution in [3.8, 4) is 6.07 Å². The fourth-order valence-corrected chi connectivity index (χ4v) is 2.00. The first-order chi connectivity index (χ1) is 7.88. The molecular weight excluding hydrogens is 200 g/mol. The molecule has 0 unspecified atom stereocenters. The number of nitrogens with one attached hydrogen (secondary N) is 2. The molecule has 0 radical (unpaired) electrons. The van der Waals surface area contributed by atoms with Gasteiger partial charge in [-0.05, 0) is 37.9 Å². The van der Waals surface area contributed by atoms with Crippen molar-refractivity contribution in [3.63, 3.8) is 0 Å². The summed E-state index contributed by atoms with van der Waals surface area (Å²) in [6.07, 6.45) is 5.36. The lowest BCUT2D eigenvalue weighted by Crippen LogP contribution is -2.24. The van der Waals surface area contributed by atoms with Gasteiger partial charge in [-0.3, -0.25) is 0 Å². The van der Waals surface area contributed by atoms with Crippen LogP contribution in [0.1, 0.15) is 25.0 Å². The number of hydrogen-bond acceptors (Lipinski definition) is 4. The topological polar surface area (TPSA) is 60.7 Å². The normalized spacial score (nSPS) is 19.3. The first kappa shape index (κ1) is 10.9. The summed E-state index contributed by atoms with van der Waals surface area (Å²) < 4.78 is 0. The summed E-state index contributed by atoms with van der Waals surface area (Å²) in [5, 5.41) is 15.5. The van der Waals surface area contributed by atoms with E-state index in [-0.39, 0.29) is 0 Å². The van der Waals surface area contributed by atoms with E-state index in [9.17, 15) is 0 Å². The molecule has 1 atom stereocenters. The Morgan fingerprint density at radius 3 is 3.31 bits per heavy atom. The predicted octanol–water partition coefficient (Wildman–Crippen LogP) is 1.51. The molecule has 84 valence electrons. The van der Waals surface area contributed by atoms with Crippen LogP contribution in [0.5, 0.6) is 0 Å². The second-order valence-corrected chi connectivity index (χ2v) is 4.05. The van der Waals surface area contributed by atoms with Gasteiger partial charge in [-0.25, -0.2) is 4.98 Å². The lowest BCUT2D eigenvalue weighted by molar-refractivity contribution is 0.574. The minimum atomic E-state index is 0.462. The number of rotatable bonds is 4. The zero-order chi connectivity index (χ0) is 11.2. The summed E-state index contributed by atoms with van der Waals surface area (Å²) in [4.78, 5) is 3.93. The van der Waals surface area contributed by atoms with E-state index in [1.54, 1.807) is 12.3 Å². The molecule has 1 aromatic heterocycles. The van der Waals surface area contributed by atoms with Gasteiger partial charge in [0.05, 0.1) is 0 Å². The Hall–Kier alpha value is -1.60. The van der Waals surface area contributed by atoms with Crippen molar-refractivity contribution < 1.29 is 0 Å². The Labute approximate surface area is 95.7 Å². The van der Waals surface area contributed by atoms with Crippen LogP contribution in [0.2, 0.25) is 0 Å². The molecule has 2 N–H and O–H groups in total. The number of hydrogen-bond donors (Lipinski definition) is 2. The highest BCUT2D eigenvalue weighted by atomic mass is 15.0. The number of aromatic nitrogens is 1. The molecule has 4 nitrogen and oxygen atoms in total. The maximum absolute atomic E-state index is 8.71. The van der Waals surface area contributed by atoms with Crippen molar-refractivity contribution in [1.29, 1.82) is 5.26 Å². The highest BCUT2D eigenvalue weighted by Gasteiger charge is 2.12. The zero-order valence-electron chi connectivity index (χ0n) is 9.24. The van der Waals surface area contributed by atoms with Crippen LogP contribution in [0.15, 0.2) is 18.3 Å². The summed E-state index contributed by atoms with van der Waals surface area (Å²) in [6, 6.07) is 6.36. The molecule has 1 saturated heterocycles. The van der Waals surface area contributed by atoms with E-state index in [0.717, 1.165) is 25.2 Å². The van der Waals surface area contributed by atoms with Gasteiger partial charge in [-0.1, -0.05) is 0 Å². The van der Waals surface area contributed by atoms with Gasteiger partial charge in [0.2, 0.25) is 0 Å². The number of pyridine rings is 1. The second-order valence-electron chi connectivity index (χ2n) is 4.05. The Morgan fingerprint density at radius 2 is 2.56 bits per heavy atom. The van der Waals surface area contributed by atoms with E-state index in [2.05, 4.69) is 15.6 Å². The molecule has 0 saturated carbocycles. The van der Waals surface area contributed by atoms with E-state index >= 15 is 0 Å². The van der Waals surface area contributed by atoms with Gasteiger partial charge >= 0.3 is 0 Å². The standard InChI is InChI=1S/C12H16N4/c13-9-12-8-11(4-7-16-12)15-6-3-10-2-1-5-14-10/h4,7-8,10,14H,1-3,5-6H2,(H,15,16)/t10-/m1/s1. The van der Waals surface area contributed by atoms with Crippen LogP contribution in [0.4, 0.5) is 5.69 Å². The van der Waals surface area contributed by atoms with E-state index in [0.29, 0.717) is 11.7 Å². The van der Waals surface area contributed by atoms with Crippen LogP contribution < -0.4 is 10.6 Å². The average Bonchev–Trinajstić information content (AvgIpc) is 2.82. The predicted molar refractivity (Wildman–Crippen MR) is 63.1 cm³/mol. The second kappa shape index (κ2) is 5.47. The van der Waals surface area contributed by atoms with Gasteiger partial charge in [0, 0.05) is 24.5 Å². The van der Waals surface area contributed by atoms with Crippen molar-refractivity contribution >= 4 is 5.69 Å². The Balaban J connectivity index is 1.78. The van der Waals surface area contributed by atoms with Gasteiger partial charge in [0.25, 0.3) is 0 Å². The number of nitrogens with zero attached hydrogens (tertiary/aromatic N) is 2. The third kappa shape index (κ3) is 2.94. The van der Waals surface area contributed by atoms with Crippen molar-refractivity contribution in [2.24, 2.45) is 0 Å². The van der Waals surface area contributed by atoms with Gasteiger partial charge < -0.3 is 10.6 Å². The van der Waals surface area contributed by atoms with Crippen molar-refractivity contribution in [1.82, 2.24) is 10.3 Å². The van der Waals surface area contributed by atoms with Crippen LogP contribution >= 0.6 is 0 Å². The largest absolute Gasteiger partial charge is 0.385 e. The summed E-state index contributed by atoms with van der Waals surface area (Å²) in [5.41, 5.74) is 1.44. The molecule has 0 aromatic carbocycles. The maximum Gasteiger partial charge on any atom is 0.142 e. The third-order valence-corrected chi connectivity index (χ3v) is 2.86. The minimum absolute atomic E-state index is 0.462. The molecule has 0 aliphatic carbocycles. The van der Waals surface area contributed by atoms with Gasteiger partial charge in [-0.2, -0.15) is 5.26 Å². The van der Waals surface area contributed by atoms with Crippen LogP contribution in [0, 0.1) is 11.3 Å². The summed E-state index contributed by atoms with van der Waals surface area (Å²) in [6.45, 7) is 2.09. The first-order valence-corrected chi connectivity index (χ1v) is 5.72. The third-order valence-electron chi connectivity index (χ3n) is 2.86. The Bertz CT molecular complexity index is 377. The monoisotopic (exact) mass is 216 g/mol. The van der Waals surface area contributed by atoms with E-state index < -0.39 is 0 Å². The smallest absolute Gasteiger partial charge is 0.142 e. The van der Waals surface area contributed by atoms with Crippen LogP contribution in [-0.4, -0.2) is 24.1 Å². The molecule has 1 fully saturated rings. The zero-order valence-corrected chi connectivity index (χ0v) is 9.24. The first-order valence-electron chi connectivity index (χ1n) is 5.72. The SMILES string of the molecule is N#Cc1cc(NCC[C@H]2CCCN2)ccn1. The molecule has 2 heterocycles. The lowest BCUT2D eigenvalue weighted by Gasteiger charge is -2.11. The van der Waals surface area contributed by atoms with Crippen LogP contribution in [0.25, 0.3) is 0 Å². The number of nitriles is 1. The summed E-state index contributed by atoms with van der Waals surface area (Å²) in [7, 11) is 0. The Kier molecular flexibility index (Phi) is 3.73. The van der Waals surface area contributed by atoms with Crippen LogP contribution in [0.3, 0.4) is 0 Å². The van der Waals surface area contributed by atoms with Crippen molar-refractivity contribution in [3.05, 3.63) is 24.0 Å². The fraction of sp³-hybridized carbons (Fsp3) is 0.500. The summed E-state index contributed by atoms with van der Waals surface area (Å²) >= 11 is 0. The van der Waals surface area contributed by atoms with Crippen molar-refractivity contribution in [2.75, 3.05) is 18.4 Å². The van der Waals surface area contributed by atoms with Crippen LogP contribution in [-0.2, 0) is 0 Å². The molecule has 1 aliphatic heterocycles. The minimum Gasteiger partial charge on any atom is -0.385 e. The molecule has 0 spiro atoms. The maximum atomic E-state index is 8.71. The fourth-order valence-electron chi connectivity index (χ4n) is 2.00. The Morgan fingerprint density at radius 1 is 1.62 bits per heavy atom. The molecule has 4 heteroatoms. The van der Waals surface area contributed by atoms with E-state index in [1.165, 1.54) is 12.8 Å². The molecule has 0 amide bonds. The lowest BCUT2D eigenvalue weighted by atomic mass is 10.1. The van der Waals surface area contributed by atoms with Gasteiger partial charge in [-0.15, -0.1) is 0 Å². The molecule has 2 rings (SSSR count). The molecule has 0 bridgehead atoms. The molecule has 1 aromatic rings. The van der Waals surface area contributed by atoms with Gasteiger partial charge in [0.1, 0.15) is 11.8 Å². The highest BCUT2D eigenvalue weighted by molar-refractivity contribution is 5.45. The van der Waals surface area contributed by atoms with Gasteiger partial charge in [0.15, 0.2) is 0 Å². The molecule has 16 heavy (non-hydrogen) atoms. The summed E-state index contributed by atoms with van der Waals surface area (Å²) in [5.74, 6) is 0. The average molecular weight is 216 g/mol. The number of anilines is 1. The van der Waals surface area contributed by atoms with E-state index in [1.807, 2.05) is 12.1 Å². The molecular formula is C12H16N4.